The fourth-order valence-corrected chi connectivity index (χ4v) is 16.7. The number of amides is 3. The molecular formula is C65H93N11O6. The summed E-state index contributed by atoms with van der Waals surface area (Å²) in [5.41, 5.74) is 11.8. The zero-order chi connectivity index (χ0) is 56.6. The van der Waals surface area contributed by atoms with Crippen LogP contribution < -0.4 is 15.6 Å². The SMILES string of the molecule is CCn1c(-c2cc(N3CCN4CCCC[C@@H]4C3)cnc2[C@H](C)OC)c2c3cc(ccc31)C1=CCCN(C1)C[C@H](NC(=O)[C@H](C1CCCC1)N1CC[C@]3(CCN(C(=O)[C@H]4[C@@H](C5CC5)N4C)C3)C1)C(=O)N1CCC[C@H](N1)C(=O)OCC(C)(C)C2. The predicted octanol–water partition coefficient (Wildman–Crippen LogP) is 6.88. The van der Waals surface area contributed by atoms with Gasteiger partial charge in [0.1, 0.15) is 18.1 Å². The van der Waals surface area contributed by atoms with E-state index in [1.165, 1.54) is 55.2 Å². The summed E-state index contributed by atoms with van der Waals surface area (Å²) in [6.45, 7) is 19.1. The number of cyclic esters (lactones) is 1. The van der Waals surface area contributed by atoms with Crippen LogP contribution in [0.3, 0.4) is 0 Å². The number of nitrogens with zero attached hydrogens (tertiary/aromatic N) is 9. The summed E-state index contributed by atoms with van der Waals surface area (Å²) in [6.07, 6.45) is 19.2. The lowest BCUT2D eigenvalue weighted by molar-refractivity contribution is -0.155. The number of nitrogens with one attached hydrogen (secondary N) is 2. The highest BCUT2D eigenvalue weighted by Crippen LogP contribution is 2.49. The van der Waals surface area contributed by atoms with Gasteiger partial charge in [0.25, 0.3) is 5.91 Å². The fourth-order valence-electron chi connectivity index (χ4n) is 16.7. The zero-order valence-electron chi connectivity index (χ0n) is 50.1. The number of likely N-dealkylation sites (N-methyl/N-ethyl adjacent to an activating group) is 1. The molecule has 1 spiro atoms. The summed E-state index contributed by atoms with van der Waals surface area (Å²) in [5, 5.41) is 6.23. The number of hydrazine groups is 1. The van der Waals surface area contributed by atoms with Gasteiger partial charge in [-0.1, -0.05) is 45.3 Å². The molecule has 17 heteroatoms. The van der Waals surface area contributed by atoms with E-state index in [9.17, 15) is 9.59 Å². The molecule has 6 bridgehead atoms. The van der Waals surface area contributed by atoms with Gasteiger partial charge >= 0.3 is 5.97 Å². The van der Waals surface area contributed by atoms with Crippen LogP contribution in [0, 0.1) is 22.7 Å². The van der Waals surface area contributed by atoms with Gasteiger partial charge in [0.2, 0.25) is 11.8 Å². The third-order valence-electron chi connectivity index (χ3n) is 21.5. The molecule has 10 aliphatic rings. The summed E-state index contributed by atoms with van der Waals surface area (Å²) in [4.78, 5) is 78.6. The van der Waals surface area contributed by atoms with E-state index < -0.39 is 17.5 Å². The van der Waals surface area contributed by atoms with Crippen molar-refractivity contribution in [3.05, 3.63) is 53.4 Å². The molecular weight excluding hydrogens is 1030 g/mol. The van der Waals surface area contributed by atoms with Crippen LogP contribution in [0.25, 0.3) is 27.7 Å². The van der Waals surface area contributed by atoms with Crippen molar-refractivity contribution in [3.63, 3.8) is 0 Å². The second-order valence-electron chi connectivity index (χ2n) is 27.7. The van der Waals surface area contributed by atoms with E-state index in [0.717, 1.165) is 138 Å². The number of methoxy groups -OCH3 is 1. The van der Waals surface area contributed by atoms with Crippen molar-refractivity contribution in [2.45, 2.75) is 173 Å². The Bertz CT molecular complexity index is 2950. The first-order chi connectivity index (χ1) is 39.7. The summed E-state index contributed by atoms with van der Waals surface area (Å²) in [6, 6.07) is 8.40. The van der Waals surface area contributed by atoms with Crippen LogP contribution in [0.2, 0.25) is 0 Å². The van der Waals surface area contributed by atoms with Crippen LogP contribution in [0.5, 0.6) is 0 Å². The van der Waals surface area contributed by atoms with Crippen LogP contribution in [0.1, 0.15) is 141 Å². The topological polar surface area (TPSA) is 151 Å². The molecule has 82 heavy (non-hydrogen) atoms. The molecule has 2 unspecified atom stereocenters. The van der Waals surface area contributed by atoms with Crippen molar-refractivity contribution in [2.24, 2.45) is 22.7 Å². The van der Waals surface area contributed by atoms with Gasteiger partial charge < -0.3 is 29.2 Å². The minimum absolute atomic E-state index is 0.0269. The molecule has 6 saturated heterocycles. The molecule has 2 N–H and O–H groups in total. The van der Waals surface area contributed by atoms with Crippen molar-refractivity contribution >= 4 is 45.9 Å². The van der Waals surface area contributed by atoms with Gasteiger partial charge in [-0.15, -0.1) is 0 Å². The highest BCUT2D eigenvalue weighted by molar-refractivity contribution is 5.95. The van der Waals surface area contributed by atoms with Crippen LogP contribution in [-0.2, 0) is 41.6 Å². The number of aryl methyl sites for hydroxylation is 1. The smallest absolute Gasteiger partial charge is 0.324 e. The van der Waals surface area contributed by atoms with E-state index in [1.54, 1.807) is 12.1 Å². The molecule has 1 aromatic carbocycles. The highest BCUT2D eigenvalue weighted by Gasteiger charge is 2.59. The minimum atomic E-state index is -0.850. The molecule has 17 nitrogen and oxygen atoms in total. The Morgan fingerprint density at radius 1 is 0.915 bits per heavy atom. The van der Waals surface area contributed by atoms with E-state index in [1.807, 2.05) is 0 Å². The van der Waals surface area contributed by atoms with Crippen molar-refractivity contribution in [3.8, 4) is 11.3 Å². The maximum Gasteiger partial charge on any atom is 0.324 e. The number of likely N-dealkylation sites (tertiary alicyclic amines) is 2. The van der Waals surface area contributed by atoms with Gasteiger partial charge in [-0.25, -0.2) is 5.43 Å². The third kappa shape index (κ3) is 10.9. The number of benzene rings is 1. The summed E-state index contributed by atoms with van der Waals surface area (Å²) < 4.78 is 14.9. The molecule has 2 aliphatic carbocycles. The number of ether oxygens (including phenoxy) is 2. The van der Waals surface area contributed by atoms with Crippen LogP contribution >= 0.6 is 0 Å². The van der Waals surface area contributed by atoms with Gasteiger partial charge in [-0.2, -0.15) is 0 Å². The fraction of sp³-hybridized carbons (Fsp3) is 0.708. The van der Waals surface area contributed by atoms with Crippen molar-refractivity contribution in [1.82, 2.24) is 49.8 Å². The number of carbonyl (C=O) groups excluding carboxylic acids is 4. The van der Waals surface area contributed by atoms with E-state index in [-0.39, 0.29) is 53.9 Å². The van der Waals surface area contributed by atoms with Gasteiger partial charge in [-0.3, -0.25) is 48.8 Å². The number of anilines is 1. The summed E-state index contributed by atoms with van der Waals surface area (Å²) in [7, 11) is 3.87. The zero-order valence-corrected chi connectivity index (χ0v) is 50.1. The third-order valence-corrected chi connectivity index (χ3v) is 21.5. The average molecular weight is 1120 g/mol. The normalized spacial score (nSPS) is 31.9. The van der Waals surface area contributed by atoms with E-state index in [0.29, 0.717) is 62.8 Å². The Morgan fingerprint density at radius 3 is 2.54 bits per heavy atom. The number of fused-ring (bicyclic) bond motifs is 7. The van der Waals surface area contributed by atoms with Crippen molar-refractivity contribution in [2.75, 3.05) is 104 Å². The van der Waals surface area contributed by atoms with Gasteiger partial charge in [0, 0.05) is 118 Å². The van der Waals surface area contributed by atoms with Gasteiger partial charge in [0.05, 0.1) is 42.0 Å². The second kappa shape index (κ2) is 22.8. The standard InChI is InChI=1S/C65H93N11O6/c1-7-75-54-22-21-45-32-49(54)51(58(75)50-33-48(35-66-55(50)42(2)81-6)72-31-30-71-26-11-10-17-47(71)37-72)34-64(3,4)41-82-63(80)52-18-13-27-76(68-52)61(78)53(38-70-25-12-16-46(45)36-70)67-60(77)57(43-14-8-9-15-43)73-28-23-65(39-73)24-29-74(40-65)62(79)59-56(69(59)5)44-19-20-44/h16,21-22,32-33,35,42-44,47,52-53,56-57,59,68H,7-15,17-20,23-31,34,36-41H2,1-6H3,(H,67,77)/t42-,47+,52-,53-,56+,57-,59+,65-,69?/m0/s1. The molecule has 8 fully saturated rings. The first kappa shape index (κ1) is 56.2. The Morgan fingerprint density at radius 2 is 1.73 bits per heavy atom. The monoisotopic (exact) mass is 1120 g/mol. The molecule has 13 rings (SSSR count). The maximum absolute atomic E-state index is 15.4. The van der Waals surface area contributed by atoms with Crippen molar-refractivity contribution in [1.29, 1.82) is 0 Å². The number of aromatic nitrogens is 2. The number of hydrogen-bond donors (Lipinski definition) is 2. The van der Waals surface area contributed by atoms with Gasteiger partial charge in [-0.05, 0) is 158 Å². The second-order valence-corrected chi connectivity index (χ2v) is 27.7. The molecule has 10 heterocycles. The Kier molecular flexibility index (Phi) is 15.7. The van der Waals surface area contributed by atoms with Crippen molar-refractivity contribution < 1.29 is 28.7 Å². The first-order valence-corrected chi connectivity index (χ1v) is 32.1. The number of hydrogen-bond acceptors (Lipinski definition) is 13. The molecule has 444 valence electrons. The quantitative estimate of drug-likeness (QED) is 0.152. The maximum atomic E-state index is 15.4. The van der Waals surface area contributed by atoms with Crippen LogP contribution in [0.4, 0.5) is 5.69 Å². The number of carbonyl (C=O) groups is 4. The number of piperidine rings is 1. The Labute approximate surface area is 486 Å². The van der Waals surface area contributed by atoms with E-state index in [4.69, 9.17) is 14.5 Å². The Hall–Kier alpha value is -4.91. The molecule has 2 saturated carbocycles. The lowest BCUT2D eigenvalue weighted by atomic mass is 9.84. The molecule has 3 amide bonds. The van der Waals surface area contributed by atoms with E-state index in [2.05, 4.69) is 116 Å². The molecule has 8 aliphatic heterocycles. The molecule has 2 aromatic heterocycles. The van der Waals surface area contributed by atoms with Gasteiger partial charge in [0.15, 0.2) is 0 Å². The molecule has 10 atom stereocenters. The first-order valence-electron chi connectivity index (χ1n) is 32.1. The Balaban J connectivity index is 0.811. The lowest BCUT2D eigenvalue weighted by Crippen LogP contribution is -2.63. The summed E-state index contributed by atoms with van der Waals surface area (Å²) >= 11 is 0. The van der Waals surface area contributed by atoms with Crippen LogP contribution in [-0.4, -0.2) is 198 Å². The summed E-state index contributed by atoms with van der Waals surface area (Å²) in [5.74, 6) is 0.508. The molecule has 0 radical (unpaired) electrons. The van der Waals surface area contributed by atoms with Crippen LogP contribution in [0.15, 0.2) is 36.5 Å². The largest absolute Gasteiger partial charge is 0.464 e. The number of esters is 1. The number of pyridine rings is 1. The number of rotatable bonds is 11. The lowest BCUT2D eigenvalue weighted by Gasteiger charge is -2.45. The minimum Gasteiger partial charge on any atom is -0.464 e. The predicted molar refractivity (Wildman–Crippen MR) is 319 cm³/mol. The average Bonchev–Trinajstić information content (AvgIpc) is 3.35. The number of piperazine rings is 1. The molecule has 3 aromatic rings. The van der Waals surface area contributed by atoms with E-state index >= 15 is 9.59 Å². The highest BCUT2D eigenvalue weighted by atomic mass is 16.5.